The molecule has 4 N–H and O–H groups in total. The number of amides is 1. The molecule has 1 amide bonds. The van der Waals surface area contributed by atoms with Crippen LogP contribution >= 0.6 is 0 Å². The van der Waals surface area contributed by atoms with Crippen LogP contribution in [0.15, 0.2) is 12.2 Å². The number of ether oxygens (including phenoxy) is 2. The van der Waals surface area contributed by atoms with Crippen LogP contribution in [0, 0.1) is 0 Å². The molecule has 0 fully saturated rings. The van der Waals surface area contributed by atoms with Crippen molar-refractivity contribution in [3.63, 3.8) is 0 Å². The van der Waals surface area contributed by atoms with Gasteiger partial charge in [0, 0.05) is 12.0 Å². The first-order chi connectivity index (χ1) is 7.86. The third kappa shape index (κ3) is 7.31. The number of esters is 1. The predicted octanol–water partition coefficient (Wildman–Crippen LogP) is -0.340. The molecule has 0 aliphatic carbocycles. The zero-order chi connectivity index (χ0) is 13.4. The zero-order valence-corrected chi connectivity index (χ0v) is 9.59. The van der Waals surface area contributed by atoms with Crippen molar-refractivity contribution in [3.8, 4) is 0 Å². The summed E-state index contributed by atoms with van der Waals surface area (Å²) < 4.78 is 9.29. The molecule has 0 aliphatic rings. The summed E-state index contributed by atoms with van der Waals surface area (Å²) in [4.78, 5) is 21.7. The summed E-state index contributed by atoms with van der Waals surface area (Å²) in [5.74, 6) is -0.727. The van der Waals surface area contributed by atoms with Crippen LogP contribution in [0.3, 0.4) is 0 Å². The monoisotopic (exact) mass is 247 g/mol. The van der Waals surface area contributed by atoms with Gasteiger partial charge in [-0.05, 0) is 13.3 Å². The van der Waals surface area contributed by atoms with E-state index in [1.165, 1.54) is 6.92 Å². The summed E-state index contributed by atoms with van der Waals surface area (Å²) in [5.41, 5.74) is 4.94. The van der Waals surface area contributed by atoms with Gasteiger partial charge in [0.1, 0.15) is 0 Å². The van der Waals surface area contributed by atoms with Gasteiger partial charge in [0.15, 0.2) is 0 Å². The highest BCUT2D eigenvalue weighted by Crippen LogP contribution is 2.09. The third-order valence-electron chi connectivity index (χ3n) is 1.78. The lowest BCUT2D eigenvalue weighted by Gasteiger charge is -2.18. The molecule has 0 aromatic heterocycles. The second-order valence-corrected chi connectivity index (χ2v) is 3.47. The number of primary amides is 1. The Bertz CT molecular complexity index is 291. The van der Waals surface area contributed by atoms with Gasteiger partial charge in [0.25, 0.3) is 0 Å². The average molecular weight is 247 g/mol. The number of rotatable bonds is 7. The molecule has 0 aliphatic heterocycles. The highest BCUT2D eigenvalue weighted by Gasteiger charge is 2.19. The number of nitrogens with two attached hydrogens (primary N) is 1. The van der Waals surface area contributed by atoms with Gasteiger partial charge in [-0.25, -0.2) is 9.59 Å². The van der Waals surface area contributed by atoms with Gasteiger partial charge < -0.3 is 25.4 Å². The van der Waals surface area contributed by atoms with Crippen molar-refractivity contribution >= 4 is 12.1 Å². The van der Waals surface area contributed by atoms with Crippen LogP contribution in [0.4, 0.5) is 4.79 Å². The standard InChI is InChI=1S/C10H17NO6/c1-6(2)9(14)16-8(17-10(11)15)4-3-7(13)5-12/h7-8,12-13H,1,3-5H2,2H3,(H2,11,15). The van der Waals surface area contributed by atoms with E-state index in [2.05, 4.69) is 11.3 Å². The number of aliphatic hydroxyl groups excluding tert-OH is 2. The predicted molar refractivity (Wildman–Crippen MR) is 57.7 cm³/mol. The van der Waals surface area contributed by atoms with E-state index >= 15 is 0 Å². The molecule has 0 bridgehead atoms. The maximum absolute atomic E-state index is 11.2. The molecule has 2 unspecified atom stereocenters. The normalized spacial score (nSPS) is 13.6. The van der Waals surface area contributed by atoms with E-state index in [0.29, 0.717) is 0 Å². The highest BCUT2D eigenvalue weighted by molar-refractivity contribution is 5.87. The van der Waals surface area contributed by atoms with Gasteiger partial charge in [-0.3, -0.25) is 0 Å². The minimum absolute atomic E-state index is 0.0314. The summed E-state index contributed by atoms with van der Waals surface area (Å²) in [7, 11) is 0. The van der Waals surface area contributed by atoms with Crippen LogP contribution in [0.2, 0.25) is 0 Å². The molecule has 0 heterocycles. The molecule has 2 atom stereocenters. The SMILES string of the molecule is C=C(C)C(=O)OC(CCC(O)CO)OC(N)=O. The van der Waals surface area contributed by atoms with E-state index in [4.69, 9.17) is 20.7 Å². The second kappa shape index (κ2) is 7.64. The van der Waals surface area contributed by atoms with E-state index in [1.807, 2.05) is 0 Å². The molecule has 0 aromatic rings. The van der Waals surface area contributed by atoms with Crippen molar-refractivity contribution in [2.24, 2.45) is 5.73 Å². The van der Waals surface area contributed by atoms with Crippen molar-refractivity contribution < 1.29 is 29.3 Å². The van der Waals surface area contributed by atoms with Gasteiger partial charge in [0.05, 0.1) is 12.7 Å². The number of aliphatic hydroxyl groups is 2. The van der Waals surface area contributed by atoms with Crippen LogP contribution in [-0.4, -0.2) is 41.3 Å². The van der Waals surface area contributed by atoms with Gasteiger partial charge in [-0.15, -0.1) is 0 Å². The minimum atomic E-state index is -1.20. The molecule has 98 valence electrons. The first-order valence-corrected chi connectivity index (χ1v) is 4.98. The van der Waals surface area contributed by atoms with Crippen molar-refractivity contribution in [1.29, 1.82) is 0 Å². The first kappa shape index (κ1) is 15.4. The number of carbonyl (C=O) groups is 2. The molecular weight excluding hydrogens is 230 g/mol. The molecule has 0 aromatic carbocycles. The van der Waals surface area contributed by atoms with Crippen LogP contribution in [0.1, 0.15) is 19.8 Å². The second-order valence-electron chi connectivity index (χ2n) is 3.47. The van der Waals surface area contributed by atoms with Gasteiger partial charge >= 0.3 is 12.1 Å². The lowest BCUT2D eigenvalue weighted by atomic mass is 10.2. The van der Waals surface area contributed by atoms with E-state index < -0.39 is 31.1 Å². The number of hydrogen-bond donors (Lipinski definition) is 3. The minimum Gasteiger partial charge on any atom is -0.422 e. The summed E-state index contributed by atoms with van der Waals surface area (Å²) >= 11 is 0. The van der Waals surface area contributed by atoms with Gasteiger partial charge in [0.2, 0.25) is 6.29 Å². The fraction of sp³-hybridized carbons (Fsp3) is 0.600. The molecule has 7 heteroatoms. The first-order valence-electron chi connectivity index (χ1n) is 4.98. The summed E-state index contributed by atoms with van der Waals surface area (Å²) in [5, 5.41) is 17.7. The summed E-state index contributed by atoms with van der Waals surface area (Å²) in [6.45, 7) is 4.37. The van der Waals surface area contributed by atoms with E-state index in [9.17, 15) is 9.59 Å². The fourth-order valence-electron chi connectivity index (χ4n) is 0.911. The number of hydrogen-bond acceptors (Lipinski definition) is 6. The summed E-state index contributed by atoms with van der Waals surface area (Å²) in [6, 6.07) is 0. The van der Waals surface area contributed by atoms with Crippen molar-refractivity contribution in [1.82, 2.24) is 0 Å². The molecule has 0 saturated carbocycles. The topological polar surface area (TPSA) is 119 Å². The quantitative estimate of drug-likeness (QED) is 0.321. The molecule has 0 radical (unpaired) electrons. The Balaban J connectivity index is 4.28. The zero-order valence-electron chi connectivity index (χ0n) is 9.59. The van der Waals surface area contributed by atoms with Crippen LogP contribution in [0.5, 0.6) is 0 Å². The van der Waals surface area contributed by atoms with E-state index in [1.54, 1.807) is 0 Å². The lowest BCUT2D eigenvalue weighted by molar-refractivity contribution is -0.164. The molecule has 7 nitrogen and oxygen atoms in total. The molecule has 17 heavy (non-hydrogen) atoms. The fourth-order valence-corrected chi connectivity index (χ4v) is 0.911. The van der Waals surface area contributed by atoms with Gasteiger partial charge in [-0.1, -0.05) is 6.58 Å². The molecule has 0 spiro atoms. The van der Waals surface area contributed by atoms with Crippen LogP contribution < -0.4 is 5.73 Å². The van der Waals surface area contributed by atoms with E-state index in [0.717, 1.165) is 0 Å². The molecule has 0 rings (SSSR count). The number of carbonyl (C=O) groups excluding carboxylic acids is 2. The molecule has 0 saturated heterocycles. The van der Waals surface area contributed by atoms with Crippen molar-refractivity contribution in [3.05, 3.63) is 12.2 Å². The Morgan fingerprint density at radius 1 is 1.35 bits per heavy atom. The smallest absolute Gasteiger partial charge is 0.407 e. The Morgan fingerprint density at radius 3 is 2.35 bits per heavy atom. The highest BCUT2D eigenvalue weighted by atomic mass is 16.7. The maximum atomic E-state index is 11.2. The van der Waals surface area contributed by atoms with Crippen LogP contribution in [-0.2, 0) is 14.3 Å². The molecular formula is C10H17NO6. The van der Waals surface area contributed by atoms with E-state index in [-0.39, 0.29) is 18.4 Å². The average Bonchev–Trinajstić information content (AvgIpc) is 2.24. The maximum Gasteiger partial charge on any atom is 0.407 e. The lowest BCUT2D eigenvalue weighted by Crippen LogP contribution is -2.29. The summed E-state index contributed by atoms with van der Waals surface area (Å²) in [6.07, 6.45) is -3.14. The van der Waals surface area contributed by atoms with Crippen molar-refractivity contribution in [2.45, 2.75) is 32.2 Å². The van der Waals surface area contributed by atoms with Crippen molar-refractivity contribution in [2.75, 3.05) is 6.61 Å². The Labute approximate surface area is 98.8 Å². The van der Waals surface area contributed by atoms with Crippen LogP contribution in [0.25, 0.3) is 0 Å². The Kier molecular flexibility index (Phi) is 6.92. The van der Waals surface area contributed by atoms with Gasteiger partial charge in [-0.2, -0.15) is 0 Å². The largest absolute Gasteiger partial charge is 0.422 e. The Hall–Kier alpha value is -1.60. The Morgan fingerprint density at radius 2 is 1.94 bits per heavy atom. The third-order valence-corrected chi connectivity index (χ3v) is 1.78.